The summed E-state index contributed by atoms with van der Waals surface area (Å²) in [5.41, 5.74) is 8.28. The molecule has 0 unspecified atom stereocenters. The van der Waals surface area contributed by atoms with Gasteiger partial charge >= 0.3 is 0 Å². The summed E-state index contributed by atoms with van der Waals surface area (Å²) in [4.78, 5) is 10.1. The van der Waals surface area contributed by atoms with Crippen LogP contribution in [-0.4, -0.2) is 16.3 Å². The minimum absolute atomic E-state index is 0.0466. The summed E-state index contributed by atoms with van der Waals surface area (Å²) < 4.78 is 0. The standard InChI is InChI=1S/C10H10N4O2S/c11-10(17)13-12-6-2-4-8-3-1-5-9(7-8)14(15)16/h1-7H,(H3,11,13,17)/b4-2+,12-6?. The second kappa shape index (κ2) is 6.33. The Morgan fingerprint density at radius 1 is 1.59 bits per heavy atom. The summed E-state index contributed by atoms with van der Waals surface area (Å²) in [5, 5.41) is 14.3. The third kappa shape index (κ3) is 4.85. The van der Waals surface area contributed by atoms with Crippen molar-refractivity contribution in [1.82, 2.24) is 5.43 Å². The van der Waals surface area contributed by atoms with E-state index in [-0.39, 0.29) is 10.8 Å². The van der Waals surface area contributed by atoms with Gasteiger partial charge in [-0.25, -0.2) is 0 Å². The Labute approximate surface area is 103 Å². The molecule has 0 aliphatic carbocycles. The number of nitro benzene ring substituents is 1. The van der Waals surface area contributed by atoms with E-state index in [2.05, 4.69) is 22.7 Å². The van der Waals surface area contributed by atoms with Gasteiger partial charge in [-0.2, -0.15) is 5.10 Å². The molecule has 0 saturated carbocycles. The fraction of sp³-hybridized carbons (Fsp3) is 0. The van der Waals surface area contributed by atoms with Crippen LogP contribution in [0.1, 0.15) is 5.56 Å². The molecule has 17 heavy (non-hydrogen) atoms. The monoisotopic (exact) mass is 250 g/mol. The van der Waals surface area contributed by atoms with Gasteiger partial charge in [-0.3, -0.25) is 15.5 Å². The van der Waals surface area contributed by atoms with E-state index >= 15 is 0 Å². The van der Waals surface area contributed by atoms with Gasteiger partial charge in [0.05, 0.1) is 4.92 Å². The summed E-state index contributed by atoms with van der Waals surface area (Å²) in [6, 6.07) is 6.26. The molecule has 6 nitrogen and oxygen atoms in total. The van der Waals surface area contributed by atoms with Crippen molar-refractivity contribution in [3.8, 4) is 0 Å². The zero-order valence-electron chi connectivity index (χ0n) is 8.74. The van der Waals surface area contributed by atoms with Crippen LogP contribution in [0.5, 0.6) is 0 Å². The minimum atomic E-state index is -0.445. The number of rotatable bonds is 4. The number of hydrogen-bond donors (Lipinski definition) is 2. The van der Waals surface area contributed by atoms with Crippen LogP contribution >= 0.6 is 12.2 Å². The second-order valence-electron chi connectivity index (χ2n) is 2.97. The highest BCUT2D eigenvalue weighted by molar-refractivity contribution is 7.80. The molecule has 0 aliphatic heterocycles. The molecule has 0 amide bonds. The third-order valence-corrected chi connectivity index (χ3v) is 1.80. The average Bonchev–Trinajstić information content (AvgIpc) is 2.28. The van der Waals surface area contributed by atoms with Gasteiger partial charge in [-0.05, 0) is 23.9 Å². The first-order valence-corrected chi connectivity index (χ1v) is 5.00. The smallest absolute Gasteiger partial charge is 0.270 e. The first kappa shape index (κ1) is 12.8. The highest BCUT2D eigenvalue weighted by Gasteiger charge is 2.02. The van der Waals surface area contributed by atoms with Crippen molar-refractivity contribution in [1.29, 1.82) is 0 Å². The highest BCUT2D eigenvalue weighted by atomic mass is 32.1. The molecular formula is C10H10N4O2S. The van der Waals surface area contributed by atoms with E-state index in [1.54, 1.807) is 24.3 Å². The molecule has 1 aromatic rings. The summed E-state index contributed by atoms with van der Waals surface area (Å²) >= 11 is 4.54. The Bertz CT molecular complexity index is 485. The molecule has 0 heterocycles. The number of hydrazone groups is 1. The fourth-order valence-electron chi connectivity index (χ4n) is 1.04. The van der Waals surface area contributed by atoms with Crippen LogP contribution in [0.25, 0.3) is 6.08 Å². The normalized spacial score (nSPS) is 10.8. The van der Waals surface area contributed by atoms with Crippen LogP contribution in [0.2, 0.25) is 0 Å². The number of allylic oxidation sites excluding steroid dienone is 1. The van der Waals surface area contributed by atoms with Crippen LogP contribution in [0, 0.1) is 10.1 Å². The van der Waals surface area contributed by atoms with Crippen LogP contribution < -0.4 is 11.2 Å². The fourth-order valence-corrected chi connectivity index (χ4v) is 1.09. The molecule has 1 aromatic carbocycles. The van der Waals surface area contributed by atoms with E-state index in [9.17, 15) is 10.1 Å². The number of benzene rings is 1. The largest absolute Gasteiger partial charge is 0.375 e. The zero-order valence-corrected chi connectivity index (χ0v) is 9.55. The SMILES string of the molecule is NC(=S)NN=C/C=C/c1cccc([N+](=O)[O-])c1. The zero-order chi connectivity index (χ0) is 12.7. The summed E-state index contributed by atoms with van der Waals surface area (Å²) in [7, 11) is 0. The van der Waals surface area contributed by atoms with Gasteiger partial charge < -0.3 is 5.73 Å². The first-order valence-electron chi connectivity index (χ1n) is 4.59. The molecule has 0 bridgehead atoms. The molecule has 0 saturated heterocycles. The van der Waals surface area contributed by atoms with Crippen molar-refractivity contribution < 1.29 is 4.92 Å². The molecule has 0 radical (unpaired) electrons. The maximum absolute atomic E-state index is 10.5. The number of nitrogens with two attached hydrogens (primary N) is 1. The lowest BCUT2D eigenvalue weighted by Crippen LogP contribution is -2.23. The van der Waals surface area contributed by atoms with E-state index in [4.69, 9.17) is 5.73 Å². The van der Waals surface area contributed by atoms with Gasteiger partial charge in [-0.15, -0.1) is 0 Å². The molecule has 88 valence electrons. The van der Waals surface area contributed by atoms with Crippen molar-refractivity contribution in [3.63, 3.8) is 0 Å². The van der Waals surface area contributed by atoms with E-state index in [1.807, 2.05) is 0 Å². The highest BCUT2D eigenvalue weighted by Crippen LogP contribution is 2.13. The quantitative estimate of drug-likeness (QED) is 0.365. The van der Waals surface area contributed by atoms with Crippen molar-refractivity contribution in [3.05, 3.63) is 46.0 Å². The Morgan fingerprint density at radius 2 is 2.35 bits per heavy atom. The van der Waals surface area contributed by atoms with Crippen molar-refractivity contribution >= 4 is 35.3 Å². The van der Waals surface area contributed by atoms with Crippen LogP contribution in [0.15, 0.2) is 35.4 Å². The topological polar surface area (TPSA) is 93.5 Å². The molecule has 0 aromatic heterocycles. The van der Waals surface area contributed by atoms with Crippen molar-refractivity contribution in [2.75, 3.05) is 0 Å². The lowest BCUT2D eigenvalue weighted by Gasteiger charge is -1.93. The Balaban J connectivity index is 2.65. The number of nitrogens with zero attached hydrogens (tertiary/aromatic N) is 2. The number of non-ortho nitro benzene ring substituents is 1. The van der Waals surface area contributed by atoms with Crippen LogP contribution in [0.3, 0.4) is 0 Å². The molecule has 0 fully saturated rings. The summed E-state index contributed by atoms with van der Waals surface area (Å²) in [6.45, 7) is 0. The molecule has 0 spiro atoms. The average molecular weight is 250 g/mol. The molecule has 0 aliphatic rings. The summed E-state index contributed by atoms with van der Waals surface area (Å²) in [6.07, 6.45) is 4.74. The van der Waals surface area contributed by atoms with Crippen LogP contribution in [-0.2, 0) is 0 Å². The maximum Gasteiger partial charge on any atom is 0.270 e. The lowest BCUT2D eigenvalue weighted by molar-refractivity contribution is -0.384. The Kier molecular flexibility index (Phi) is 4.77. The van der Waals surface area contributed by atoms with Gasteiger partial charge in [0.25, 0.3) is 5.69 Å². The number of nitrogens with one attached hydrogen (secondary N) is 1. The lowest BCUT2D eigenvalue weighted by atomic mass is 10.2. The number of nitro groups is 1. The molecule has 0 atom stereocenters. The summed E-state index contributed by atoms with van der Waals surface area (Å²) in [5.74, 6) is 0. The van der Waals surface area contributed by atoms with Crippen LogP contribution in [0.4, 0.5) is 5.69 Å². The van der Waals surface area contributed by atoms with E-state index in [0.717, 1.165) is 0 Å². The minimum Gasteiger partial charge on any atom is -0.375 e. The van der Waals surface area contributed by atoms with Gasteiger partial charge in [0.15, 0.2) is 5.11 Å². The third-order valence-electron chi connectivity index (χ3n) is 1.71. The van der Waals surface area contributed by atoms with Gasteiger partial charge in [-0.1, -0.05) is 18.2 Å². The first-order chi connectivity index (χ1) is 8.09. The Hall–Kier alpha value is -2.28. The molecule has 1 rings (SSSR count). The number of thiocarbonyl (C=S) groups is 1. The van der Waals surface area contributed by atoms with Crippen molar-refractivity contribution in [2.24, 2.45) is 10.8 Å². The molecule has 7 heteroatoms. The number of hydrogen-bond acceptors (Lipinski definition) is 4. The van der Waals surface area contributed by atoms with Gasteiger partial charge in [0.2, 0.25) is 0 Å². The Morgan fingerprint density at radius 3 is 3.00 bits per heavy atom. The maximum atomic E-state index is 10.5. The predicted molar refractivity (Wildman–Crippen MR) is 70.5 cm³/mol. The molecular weight excluding hydrogens is 240 g/mol. The van der Waals surface area contributed by atoms with E-state index < -0.39 is 4.92 Å². The second-order valence-corrected chi connectivity index (χ2v) is 3.41. The van der Waals surface area contributed by atoms with Gasteiger partial charge in [0.1, 0.15) is 0 Å². The molecule has 3 N–H and O–H groups in total. The predicted octanol–water partition coefficient (Wildman–Crippen LogP) is 1.43. The van der Waals surface area contributed by atoms with E-state index in [0.29, 0.717) is 5.56 Å². The van der Waals surface area contributed by atoms with Crippen molar-refractivity contribution in [2.45, 2.75) is 0 Å². The van der Waals surface area contributed by atoms with E-state index in [1.165, 1.54) is 18.3 Å². The van der Waals surface area contributed by atoms with Gasteiger partial charge in [0, 0.05) is 18.3 Å².